The molecule has 1 aromatic carbocycles. The number of rotatable bonds is 5. The van der Waals surface area contributed by atoms with Gasteiger partial charge < -0.3 is 9.47 Å². The molecule has 1 atom stereocenters. The zero-order chi connectivity index (χ0) is 19.8. The second-order valence-electron chi connectivity index (χ2n) is 9.41. The quantitative estimate of drug-likeness (QED) is 0.496. The Morgan fingerprint density at radius 3 is 2.63 bits per heavy atom. The maximum atomic E-state index is 4.28. The van der Waals surface area contributed by atoms with Crippen molar-refractivity contribution in [3.8, 4) is 0 Å². The molecule has 2 aromatic heterocycles. The van der Waals surface area contributed by atoms with Crippen molar-refractivity contribution in [1.29, 1.82) is 0 Å². The predicted octanol–water partition coefficient (Wildman–Crippen LogP) is 6.33. The Balaban J connectivity index is 0.00000218. The van der Waals surface area contributed by atoms with Crippen LogP contribution >= 0.6 is 0 Å². The molecule has 0 amide bonds. The van der Waals surface area contributed by atoms with Crippen molar-refractivity contribution in [3.05, 3.63) is 65.1 Å². The normalized spacial score (nSPS) is 18.3. The van der Waals surface area contributed by atoms with Gasteiger partial charge in [0.2, 0.25) is 0 Å². The van der Waals surface area contributed by atoms with E-state index in [9.17, 15) is 0 Å². The van der Waals surface area contributed by atoms with Gasteiger partial charge in [0.25, 0.3) is 0 Å². The largest absolute Gasteiger partial charge is 0.344 e. The Kier molecular flexibility index (Phi) is 6.29. The molecule has 1 unspecified atom stereocenters. The van der Waals surface area contributed by atoms with Crippen LogP contribution in [-0.4, -0.2) is 28.0 Å². The van der Waals surface area contributed by atoms with Gasteiger partial charge in [-0.05, 0) is 61.7 Å². The number of pyridine rings is 1. The van der Waals surface area contributed by atoms with Crippen molar-refractivity contribution in [3.63, 3.8) is 0 Å². The fourth-order valence-electron chi connectivity index (χ4n) is 5.73. The summed E-state index contributed by atoms with van der Waals surface area (Å²) < 4.78 is 2.68. The Morgan fingerprint density at radius 1 is 1.10 bits per heavy atom. The van der Waals surface area contributed by atoms with Gasteiger partial charge in [0.05, 0.1) is 0 Å². The number of fused-ring (bicyclic) bond motifs is 3. The highest BCUT2D eigenvalue weighted by Gasteiger charge is 2.26. The highest BCUT2D eigenvalue weighted by Crippen LogP contribution is 2.38. The van der Waals surface area contributed by atoms with Crippen molar-refractivity contribution < 1.29 is 0 Å². The average Bonchev–Trinajstić information content (AvgIpc) is 3.35. The van der Waals surface area contributed by atoms with Crippen LogP contribution in [0, 0.1) is 12.8 Å². The lowest BCUT2D eigenvalue weighted by Gasteiger charge is -2.27. The molecular weight excluding hydrogens is 366 g/mol. The van der Waals surface area contributed by atoms with Crippen LogP contribution in [0.1, 0.15) is 67.8 Å². The van der Waals surface area contributed by atoms with E-state index < -0.39 is 0 Å². The van der Waals surface area contributed by atoms with Gasteiger partial charge in [-0.15, -0.1) is 0 Å². The first-order chi connectivity index (χ1) is 14.2. The average molecular weight is 404 g/mol. The third-order valence-corrected chi connectivity index (χ3v) is 7.27. The summed E-state index contributed by atoms with van der Waals surface area (Å²) in [7, 11) is 2.25. The van der Waals surface area contributed by atoms with Crippen LogP contribution < -0.4 is 0 Å². The fourth-order valence-corrected chi connectivity index (χ4v) is 5.73. The van der Waals surface area contributed by atoms with E-state index in [4.69, 9.17) is 0 Å². The van der Waals surface area contributed by atoms with Crippen molar-refractivity contribution in [2.24, 2.45) is 5.92 Å². The van der Waals surface area contributed by atoms with Crippen LogP contribution in [0.5, 0.6) is 0 Å². The molecule has 5 rings (SSSR count). The Morgan fingerprint density at radius 2 is 1.87 bits per heavy atom. The minimum atomic E-state index is 0. The molecule has 1 aliphatic carbocycles. The molecule has 0 bridgehead atoms. The van der Waals surface area contributed by atoms with Gasteiger partial charge in [0.1, 0.15) is 0 Å². The summed E-state index contributed by atoms with van der Waals surface area (Å²) in [6.45, 7) is 5.55. The number of likely N-dealkylation sites (N-methyl/N-ethyl adjacent to an activating group) is 1. The maximum Gasteiger partial charge on any atom is 0.0486 e. The molecule has 0 spiro atoms. The van der Waals surface area contributed by atoms with Gasteiger partial charge in [-0.3, -0.25) is 4.98 Å². The van der Waals surface area contributed by atoms with Gasteiger partial charge in [-0.1, -0.05) is 44.7 Å². The second kappa shape index (κ2) is 8.93. The van der Waals surface area contributed by atoms with Gasteiger partial charge in [-0.2, -0.15) is 0 Å². The highest BCUT2D eigenvalue weighted by atomic mass is 15.1. The lowest BCUT2D eigenvalue weighted by Crippen LogP contribution is -2.28. The first kappa shape index (κ1) is 21.1. The smallest absolute Gasteiger partial charge is 0.0486 e. The minimum absolute atomic E-state index is 0. The molecule has 1 saturated carbocycles. The number of benzene rings is 1. The van der Waals surface area contributed by atoms with Gasteiger partial charge in [0.15, 0.2) is 0 Å². The van der Waals surface area contributed by atoms with Crippen molar-refractivity contribution in [2.75, 3.05) is 13.6 Å². The van der Waals surface area contributed by atoms with E-state index in [1.54, 1.807) is 11.3 Å². The van der Waals surface area contributed by atoms with Crippen molar-refractivity contribution in [1.82, 2.24) is 14.5 Å². The molecule has 160 valence electrons. The standard InChI is InChI=1S/C26H33N3.CH4/c1-19-7-8-25-23(15-19)24-18-28(2)14-11-26(24)29(25)17-22(16-20-5-3-4-6-20)21-9-12-27-13-10-21;/h7-10,12-13,15,20,22H,3-6,11,14,16-18H2,1-2H3;1H4. The fraction of sp³-hybridized carbons (Fsp3) is 0.519. The zero-order valence-corrected chi connectivity index (χ0v) is 17.9. The van der Waals surface area contributed by atoms with Crippen LogP contribution in [0.15, 0.2) is 42.7 Å². The maximum absolute atomic E-state index is 4.28. The predicted molar refractivity (Wildman–Crippen MR) is 127 cm³/mol. The van der Waals surface area contributed by atoms with Gasteiger partial charge in [-0.25, -0.2) is 0 Å². The molecule has 0 N–H and O–H groups in total. The van der Waals surface area contributed by atoms with Crippen LogP contribution in [0.4, 0.5) is 0 Å². The van der Waals surface area contributed by atoms with E-state index in [2.05, 4.69) is 58.8 Å². The van der Waals surface area contributed by atoms with Crippen molar-refractivity contribution >= 4 is 10.9 Å². The molecule has 0 saturated heterocycles. The Bertz CT molecular complexity index is 982. The third-order valence-electron chi connectivity index (χ3n) is 7.27. The topological polar surface area (TPSA) is 21.1 Å². The summed E-state index contributed by atoms with van der Waals surface area (Å²) in [6.07, 6.45) is 12.1. The zero-order valence-electron chi connectivity index (χ0n) is 17.9. The minimum Gasteiger partial charge on any atom is -0.344 e. The summed E-state index contributed by atoms with van der Waals surface area (Å²) in [5.74, 6) is 1.46. The summed E-state index contributed by atoms with van der Waals surface area (Å²) in [6, 6.07) is 11.5. The van der Waals surface area contributed by atoms with Crippen LogP contribution in [0.25, 0.3) is 10.9 Å². The number of aryl methyl sites for hydroxylation is 1. The Hall–Kier alpha value is -2.13. The summed E-state index contributed by atoms with van der Waals surface area (Å²) >= 11 is 0. The third kappa shape index (κ3) is 4.05. The lowest BCUT2D eigenvalue weighted by molar-refractivity contribution is 0.307. The molecule has 30 heavy (non-hydrogen) atoms. The van der Waals surface area contributed by atoms with Crippen LogP contribution in [-0.2, 0) is 19.5 Å². The van der Waals surface area contributed by atoms with E-state index in [1.165, 1.54) is 54.1 Å². The SMILES string of the molecule is C.Cc1ccc2c(c1)c1c(n2CC(CC2CCCC2)c2ccncc2)CCN(C)C1. The Labute approximate surface area is 182 Å². The molecule has 1 fully saturated rings. The van der Waals surface area contributed by atoms with E-state index in [1.807, 2.05) is 12.4 Å². The highest BCUT2D eigenvalue weighted by molar-refractivity contribution is 5.86. The van der Waals surface area contributed by atoms with Gasteiger partial charge in [0, 0.05) is 61.0 Å². The van der Waals surface area contributed by atoms with Gasteiger partial charge >= 0.3 is 0 Å². The van der Waals surface area contributed by atoms with Crippen LogP contribution in [0.3, 0.4) is 0 Å². The van der Waals surface area contributed by atoms with E-state index in [0.29, 0.717) is 5.92 Å². The molecule has 3 nitrogen and oxygen atoms in total. The molecule has 3 heterocycles. The first-order valence-corrected chi connectivity index (χ1v) is 11.4. The van der Waals surface area contributed by atoms with Crippen molar-refractivity contribution in [2.45, 2.75) is 71.9 Å². The monoisotopic (exact) mass is 403 g/mol. The van der Waals surface area contributed by atoms with E-state index in [0.717, 1.165) is 32.0 Å². The molecular formula is C27H37N3. The van der Waals surface area contributed by atoms with E-state index in [-0.39, 0.29) is 7.43 Å². The molecule has 1 aliphatic heterocycles. The second-order valence-corrected chi connectivity index (χ2v) is 9.41. The summed E-state index contributed by atoms with van der Waals surface area (Å²) in [5.41, 5.74) is 7.40. The molecule has 3 heteroatoms. The number of nitrogens with zero attached hydrogens (tertiary/aromatic N) is 3. The number of aromatic nitrogens is 2. The molecule has 2 aliphatic rings. The summed E-state index contributed by atoms with van der Waals surface area (Å²) in [5, 5.41) is 1.47. The lowest BCUT2D eigenvalue weighted by atomic mass is 9.88. The van der Waals surface area contributed by atoms with Crippen LogP contribution in [0.2, 0.25) is 0 Å². The summed E-state index contributed by atoms with van der Waals surface area (Å²) in [4.78, 5) is 6.75. The first-order valence-electron chi connectivity index (χ1n) is 11.4. The molecule has 3 aromatic rings. The van der Waals surface area contributed by atoms with E-state index >= 15 is 0 Å². The molecule has 0 radical (unpaired) electrons. The number of hydrogen-bond acceptors (Lipinski definition) is 2. The number of hydrogen-bond donors (Lipinski definition) is 0.